The Morgan fingerprint density at radius 1 is 1.12 bits per heavy atom. The summed E-state index contributed by atoms with van der Waals surface area (Å²) in [6.07, 6.45) is -2.86. The molecule has 132 valence electrons. The van der Waals surface area contributed by atoms with Crippen LogP contribution in [0.15, 0.2) is 46.9 Å². The number of hydrazine groups is 1. The number of hydrogen-bond acceptors (Lipinski definition) is 5. The van der Waals surface area contributed by atoms with E-state index in [9.17, 15) is 18.0 Å². The van der Waals surface area contributed by atoms with Crippen LogP contribution in [-0.2, 0) is 6.54 Å². The zero-order valence-electron chi connectivity index (χ0n) is 13.1. The van der Waals surface area contributed by atoms with E-state index in [0.717, 1.165) is 5.56 Å². The number of aromatic nitrogens is 2. The van der Waals surface area contributed by atoms with E-state index in [-0.39, 0.29) is 17.6 Å². The summed E-state index contributed by atoms with van der Waals surface area (Å²) in [6, 6.07) is 10.4. The SMILES string of the molecule is O=C1c2cc(-c3nnc(C(F)F)o3)ccc2CN1Nc1ccc(F)cc1. The molecule has 1 amide bonds. The Labute approximate surface area is 145 Å². The van der Waals surface area contributed by atoms with Gasteiger partial charge in [0.1, 0.15) is 5.82 Å². The molecule has 1 aromatic heterocycles. The molecule has 9 heteroatoms. The minimum Gasteiger partial charge on any atom is -0.415 e. The Morgan fingerprint density at radius 2 is 1.88 bits per heavy atom. The zero-order valence-corrected chi connectivity index (χ0v) is 13.1. The van der Waals surface area contributed by atoms with Crippen LogP contribution in [0.4, 0.5) is 18.9 Å². The number of nitrogens with one attached hydrogen (secondary N) is 1. The van der Waals surface area contributed by atoms with Crippen LogP contribution in [0, 0.1) is 5.82 Å². The van der Waals surface area contributed by atoms with Gasteiger partial charge in [0.25, 0.3) is 11.8 Å². The van der Waals surface area contributed by atoms with Crippen LogP contribution in [0.25, 0.3) is 11.5 Å². The number of rotatable bonds is 4. The van der Waals surface area contributed by atoms with Gasteiger partial charge in [0.05, 0.1) is 12.2 Å². The third-order valence-corrected chi connectivity index (χ3v) is 3.90. The Kier molecular flexibility index (Phi) is 3.83. The van der Waals surface area contributed by atoms with Crippen molar-refractivity contribution < 1.29 is 22.4 Å². The van der Waals surface area contributed by atoms with E-state index in [1.54, 1.807) is 12.1 Å². The highest BCUT2D eigenvalue weighted by atomic mass is 19.3. The molecule has 2 heterocycles. The van der Waals surface area contributed by atoms with E-state index < -0.39 is 12.3 Å². The van der Waals surface area contributed by atoms with Crippen molar-refractivity contribution in [1.82, 2.24) is 15.2 Å². The second kappa shape index (κ2) is 6.17. The van der Waals surface area contributed by atoms with Crippen LogP contribution >= 0.6 is 0 Å². The van der Waals surface area contributed by atoms with Gasteiger partial charge in [-0.25, -0.2) is 9.40 Å². The highest BCUT2D eigenvalue weighted by Gasteiger charge is 2.28. The number of nitrogens with zero attached hydrogens (tertiary/aromatic N) is 3. The lowest BCUT2D eigenvalue weighted by atomic mass is 10.1. The van der Waals surface area contributed by atoms with E-state index in [4.69, 9.17) is 4.42 Å². The molecule has 0 atom stereocenters. The lowest BCUT2D eigenvalue weighted by Gasteiger charge is -2.18. The van der Waals surface area contributed by atoms with Crippen molar-refractivity contribution in [1.29, 1.82) is 0 Å². The molecule has 0 unspecified atom stereocenters. The van der Waals surface area contributed by atoms with E-state index >= 15 is 0 Å². The van der Waals surface area contributed by atoms with E-state index in [1.165, 1.54) is 35.3 Å². The summed E-state index contributed by atoms with van der Waals surface area (Å²) in [5.41, 5.74) is 5.00. The minimum absolute atomic E-state index is 0.0826. The normalized spacial score (nSPS) is 13.4. The van der Waals surface area contributed by atoms with Gasteiger partial charge in [0.15, 0.2) is 0 Å². The summed E-state index contributed by atoms with van der Waals surface area (Å²) in [6.45, 7) is 0.304. The maximum Gasteiger partial charge on any atom is 0.314 e. The molecule has 6 nitrogen and oxygen atoms in total. The number of hydrogen-bond donors (Lipinski definition) is 1. The van der Waals surface area contributed by atoms with Crippen LogP contribution < -0.4 is 5.43 Å². The molecule has 26 heavy (non-hydrogen) atoms. The highest BCUT2D eigenvalue weighted by molar-refractivity contribution is 6.00. The Bertz CT molecular complexity index is 972. The summed E-state index contributed by atoms with van der Waals surface area (Å²) in [4.78, 5) is 12.6. The molecule has 0 aliphatic carbocycles. The van der Waals surface area contributed by atoms with Crippen molar-refractivity contribution >= 4 is 11.6 Å². The average Bonchev–Trinajstić information content (AvgIpc) is 3.23. The molecule has 0 saturated carbocycles. The van der Waals surface area contributed by atoms with Crippen molar-refractivity contribution in [3.8, 4) is 11.5 Å². The smallest absolute Gasteiger partial charge is 0.314 e. The number of anilines is 1. The van der Waals surface area contributed by atoms with Gasteiger partial charge in [-0.15, -0.1) is 10.2 Å². The zero-order chi connectivity index (χ0) is 18.3. The lowest BCUT2D eigenvalue weighted by Crippen LogP contribution is -2.30. The van der Waals surface area contributed by atoms with Gasteiger partial charge in [-0.05, 0) is 42.0 Å². The fourth-order valence-corrected chi connectivity index (χ4v) is 2.64. The van der Waals surface area contributed by atoms with Gasteiger partial charge in [-0.2, -0.15) is 8.78 Å². The third-order valence-electron chi connectivity index (χ3n) is 3.90. The van der Waals surface area contributed by atoms with E-state index in [1.807, 2.05) is 0 Å². The van der Waals surface area contributed by atoms with Crippen LogP contribution in [-0.4, -0.2) is 21.1 Å². The van der Waals surface area contributed by atoms with Gasteiger partial charge in [0.2, 0.25) is 5.89 Å². The fraction of sp³-hybridized carbons (Fsp3) is 0.118. The number of carbonyl (C=O) groups is 1. The molecular formula is C17H11F3N4O2. The Balaban J connectivity index is 1.57. The maximum absolute atomic E-state index is 13.0. The molecule has 0 saturated heterocycles. The first-order valence-electron chi connectivity index (χ1n) is 7.60. The minimum atomic E-state index is -2.86. The standard InChI is InChI=1S/C17H11F3N4O2/c18-11-3-5-12(6-4-11)23-24-8-10-2-1-9(7-13(10)17(24)25)15-21-22-16(26-15)14(19)20/h1-7,14,23H,8H2. The Morgan fingerprint density at radius 3 is 2.58 bits per heavy atom. The molecule has 1 N–H and O–H groups in total. The summed E-state index contributed by atoms with van der Waals surface area (Å²) in [5, 5.41) is 8.23. The number of fused-ring (bicyclic) bond motifs is 1. The summed E-state index contributed by atoms with van der Waals surface area (Å²) in [5.74, 6) is -1.54. The van der Waals surface area contributed by atoms with Gasteiger partial charge in [0, 0.05) is 11.1 Å². The van der Waals surface area contributed by atoms with Crippen LogP contribution in [0.5, 0.6) is 0 Å². The lowest BCUT2D eigenvalue weighted by molar-refractivity contribution is 0.0814. The second-order valence-electron chi connectivity index (χ2n) is 5.63. The third kappa shape index (κ3) is 2.87. The van der Waals surface area contributed by atoms with Crippen molar-refractivity contribution in [3.05, 3.63) is 65.3 Å². The Hall–Kier alpha value is -3.36. The van der Waals surface area contributed by atoms with Crippen LogP contribution in [0.2, 0.25) is 0 Å². The number of carbonyl (C=O) groups excluding carboxylic acids is 1. The van der Waals surface area contributed by atoms with Crippen molar-refractivity contribution in [2.45, 2.75) is 13.0 Å². The molecule has 0 bridgehead atoms. The van der Waals surface area contributed by atoms with Crippen molar-refractivity contribution in [2.24, 2.45) is 0 Å². The van der Waals surface area contributed by atoms with Crippen LogP contribution in [0.1, 0.15) is 28.2 Å². The molecule has 4 rings (SSSR count). The number of alkyl halides is 2. The number of benzene rings is 2. The largest absolute Gasteiger partial charge is 0.415 e. The van der Waals surface area contributed by atoms with E-state index in [0.29, 0.717) is 23.4 Å². The molecule has 2 aromatic carbocycles. The molecule has 0 spiro atoms. The number of amides is 1. The maximum atomic E-state index is 13.0. The fourth-order valence-electron chi connectivity index (χ4n) is 2.64. The topological polar surface area (TPSA) is 71.3 Å². The quantitative estimate of drug-likeness (QED) is 0.766. The van der Waals surface area contributed by atoms with Gasteiger partial charge in [-0.1, -0.05) is 6.07 Å². The predicted octanol–water partition coefficient (Wildman–Crippen LogP) is 3.80. The van der Waals surface area contributed by atoms with Crippen LogP contribution in [0.3, 0.4) is 0 Å². The molecule has 3 aromatic rings. The molecule has 0 radical (unpaired) electrons. The first-order chi connectivity index (χ1) is 12.5. The van der Waals surface area contributed by atoms with Gasteiger partial charge < -0.3 is 4.42 Å². The summed E-state index contributed by atoms with van der Waals surface area (Å²) < 4.78 is 43.0. The molecule has 0 fully saturated rings. The molecule has 1 aliphatic heterocycles. The first kappa shape index (κ1) is 16.1. The van der Waals surface area contributed by atoms with Crippen molar-refractivity contribution in [2.75, 3.05) is 5.43 Å². The van der Waals surface area contributed by atoms with Gasteiger partial charge >= 0.3 is 6.43 Å². The average molecular weight is 360 g/mol. The predicted molar refractivity (Wildman–Crippen MR) is 84.6 cm³/mol. The second-order valence-corrected chi connectivity index (χ2v) is 5.63. The number of halogens is 3. The highest BCUT2D eigenvalue weighted by Crippen LogP contribution is 2.29. The van der Waals surface area contributed by atoms with Crippen molar-refractivity contribution in [3.63, 3.8) is 0 Å². The summed E-state index contributed by atoms with van der Waals surface area (Å²) >= 11 is 0. The first-order valence-corrected chi connectivity index (χ1v) is 7.60. The molecule has 1 aliphatic rings. The van der Waals surface area contributed by atoms with Gasteiger partial charge in [-0.3, -0.25) is 10.2 Å². The monoisotopic (exact) mass is 360 g/mol. The van der Waals surface area contributed by atoms with E-state index in [2.05, 4.69) is 15.6 Å². The molecular weight excluding hydrogens is 349 g/mol. The summed E-state index contributed by atoms with van der Waals surface area (Å²) in [7, 11) is 0.